The third-order valence-corrected chi connectivity index (χ3v) is 2.72. The average Bonchev–Trinajstić information content (AvgIpc) is 2.37. The second-order valence-electron chi connectivity index (χ2n) is 3.02. The first-order valence-electron chi connectivity index (χ1n) is 3.93. The number of hydrogen-bond donors (Lipinski definition) is 1. The summed E-state index contributed by atoms with van der Waals surface area (Å²) in [5, 5.41) is 9.41. The first-order valence-corrected chi connectivity index (χ1v) is 5.06. The van der Waals surface area contributed by atoms with E-state index in [0.717, 1.165) is 19.3 Å². The molecule has 1 nitrogen and oxygen atoms in total. The summed E-state index contributed by atoms with van der Waals surface area (Å²) < 4.78 is -1.55. The molecule has 0 saturated heterocycles. The van der Waals surface area contributed by atoms with E-state index >= 15 is 0 Å². The minimum Gasteiger partial charge on any atom is -0.388 e. The van der Waals surface area contributed by atoms with Crippen molar-refractivity contribution in [3.63, 3.8) is 0 Å². The molecule has 0 aromatic heterocycles. The molecule has 0 saturated carbocycles. The number of halogens is 3. The summed E-state index contributed by atoms with van der Waals surface area (Å²) >= 11 is 16.5. The highest BCUT2D eigenvalue weighted by molar-refractivity contribution is 6.68. The number of aliphatic hydroxyl groups excluding tert-OH is 1. The van der Waals surface area contributed by atoms with E-state index in [1.807, 2.05) is 0 Å². The molecular formula is C8H11Cl3O. The van der Waals surface area contributed by atoms with Crippen LogP contribution in [-0.2, 0) is 0 Å². The summed E-state index contributed by atoms with van der Waals surface area (Å²) in [5.74, 6) is 0. The van der Waals surface area contributed by atoms with Gasteiger partial charge in [-0.2, -0.15) is 0 Å². The molecule has 4 heteroatoms. The van der Waals surface area contributed by atoms with E-state index in [1.54, 1.807) is 0 Å². The fourth-order valence-electron chi connectivity index (χ4n) is 1.29. The Morgan fingerprint density at radius 2 is 2.17 bits per heavy atom. The lowest BCUT2D eigenvalue weighted by molar-refractivity contribution is 0.178. The Labute approximate surface area is 87.3 Å². The summed E-state index contributed by atoms with van der Waals surface area (Å²) in [6, 6.07) is 0. The van der Waals surface area contributed by atoms with E-state index in [-0.39, 0.29) is 0 Å². The molecule has 0 fully saturated rings. The van der Waals surface area contributed by atoms with Crippen molar-refractivity contribution < 1.29 is 5.11 Å². The zero-order valence-electron chi connectivity index (χ0n) is 6.56. The van der Waals surface area contributed by atoms with Crippen LogP contribution in [0.2, 0.25) is 0 Å². The molecule has 0 aromatic carbocycles. The lowest BCUT2D eigenvalue weighted by atomic mass is 10.1. The van der Waals surface area contributed by atoms with E-state index in [0.29, 0.717) is 6.42 Å². The standard InChI is InChI=1S/C8H11Cl3O/c9-8(10,11)7(12)5-6-3-1-2-4-6/h3,7,12H,1-2,4-5H2/t7-/m1/s1. The third-order valence-electron chi connectivity index (χ3n) is 1.97. The van der Waals surface area contributed by atoms with Crippen molar-refractivity contribution in [2.24, 2.45) is 0 Å². The fourth-order valence-corrected chi connectivity index (χ4v) is 1.52. The molecule has 1 atom stereocenters. The molecule has 12 heavy (non-hydrogen) atoms. The molecule has 1 rings (SSSR count). The van der Waals surface area contributed by atoms with E-state index < -0.39 is 9.90 Å². The van der Waals surface area contributed by atoms with Gasteiger partial charge < -0.3 is 5.11 Å². The average molecular weight is 230 g/mol. The van der Waals surface area contributed by atoms with Crippen molar-refractivity contribution in [1.82, 2.24) is 0 Å². The lowest BCUT2D eigenvalue weighted by Gasteiger charge is -2.19. The summed E-state index contributed by atoms with van der Waals surface area (Å²) in [4.78, 5) is 0. The smallest absolute Gasteiger partial charge is 0.216 e. The van der Waals surface area contributed by atoms with Gasteiger partial charge in [0, 0.05) is 0 Å². The summed E-state index contributed by atoms with van der Waals surface area (Å²) in [6.45, 7) is 0. The van der Waals surface area contributed by atoms with Gasteiger partial charge in [-0.25, -0.2) is 0 Å². The summed E-state index contributed by atoms with van der Waals surface area (Å²) in [6.07, 6.45) is 4.98. The summed E-state index contributed by atoms with van der Waals surface area (Å²) in [7, 11) is 0. The van der Waals surface area contributed by atoms with Crippen LogP contribution in [0.5, 0.6) is 0 Å². The van der Waals surface area contributed by atoms with E-state index in [1.165, 1.54) is 5.57 Å². The molecule has 0 radical (unpaired) electrons. The maximum atomic E-state index is 9.41. The third kappa shape index (κ3) is 3.14. The van der Waals surface area contributed by atoms with Gasteiger partial charge in [-0.1, -0.05) is 46.5 Å². The molecule has 1 aliphatic carbocycles. The van der Waals surface area contributed by atoms with Gasteiger partial charge in [0.05, 0.1) is 0 Å². The molecular weight excluding hydrogens is 218 g/mol. The first-order chi connectivity index (χ1) is 5.50. The van der Waals surface area contributed by atoms with Crippen molar-refractivity contribution >= 4 is 34.8 Å². The van der Waals surface area contributed by atoms with E-state index in [9.17, 15) is 5.11 Å². The summed E-state index contributed by atoms with van der Waals surface area (Å²) in [5.41, 5.74) is 1.20. The Morgan fingerprint density at radius 3 is 2.58 bits per heavy atom. The Morgan fingerprint density at radius 1 is 1.50 bits per heavy atom. The number of alkyl halides is 3. The van der Waals surface area contributed by atoms with Crippen LogP contribution in [0.25, 0.3) is 0 Å². The van der Waals surface area contributed by atoms with Gasteiger partial charge in [-0.15, -0.1) is 0 Å². The molecule has 70 valence electrons. The van der Waals surface area contributed by atoms with Crippen LogP contribution >= 0.6 is 34.8 Å². The first kappa shape index (κ1) is 10.6. The molecule has 0 aliphatic heterocycles. The lowest BCUT2D eigenvalue weighted by Crippen LogP contribution is -2.25. The second kappa shape index (κ2) is 4.19. The molecule has 1 N–H and O–H groups in total. The number of aliphatic hydroxyl groups is 1. The van der Waals surface area contributed by atoms with Gasteiger partial charge in [-0.05, 0) is 25.7 Å². The molecule has 0 aromatic rings. The van der Waals surface area contributed by atoms with Crippen LogP contribution in [-0.4, -0.2) is 15.0 Å². The van der Waals surface area contributed by atoms with Gasteiger partial charge in [0.25, 0.3) is 0 Å². The van der Waals surface area contributed by atoms with Crippen LogP contribution in [0.1, 0.15) is 25.7 Å². The van der Waals surface area contributed by atoms with Gasteiger partial charge in [0.1, 0.15) is 6.10 Å². The van der Waals surface area contributed by atoms with Crippen LogP contribution in [0.3, 0.4) is 0 Å². The van der Waals surface area contributed by atoms with Crippen molar-refractivity contribution in [2.75, 3.05) is 0 Å². The highest BCUT2D eigenvalue weighted by atomic mass is 35.6. The number of allylic oxidation sites excluding steroid dienone is 1. The zero-order chi connectivity index (χ0) is 9.19. The maximum absolute atomic E-state index is 9.41. The Kier molecular flexibility index (Phi) is 3.72. The minimum absolute atomic E-state index is 0.483. The van der Waals surface area contributed by atoms with Crippen molar-refractivity contribution in [2.45, 2.75) is 35.6 Å². The predicted octanol–water partition coefficient (Wildman–Crippen LogP) is 3.22. The quantitative estimate of drug-likeness (QED) is 0.569. The Balaban J connectivity index is 2.40. The molecule has 0 bridgehead atoms. The SMILES string of the molecule is O[C@H](CC1=CCCC1)C(Cl)(Cl)Cl. The zero-order valence-corrected chi connectivity index (χ0v) is 8.83. The highest BCUT2D eigenvalue weighted by Gasteiger charge is 2.31. The van der Waals surface area contributed by atoms with Gasteiger partial charge in [0.15, 0.2) is 0 Å². The largest absolute Gasteiger partial charge is 0.388 e. The monoisotopic (exact) mass is 228 g/mol. The van der Waals surface area contributed by atoms with Crippen molar-refractivity contribution in [3.8, 4) is 0 Å². The van der Waals surface area contributed by atoms with Crippen molar-refractivity contribution in [3.05, 3.63) is 11.6 Å². The van der Waals surface area contributed by atoms with Gasteiger partial charge in [0.2, 0.25) is 3.79 Å². The van der Waals surface area contributed by atoms with Crippen LogP contribution < -0.4 is 0 Å². The molecule has 0 amide bonds. The van der Waals surface area contributed by atoms with E-state index in [2.05, 4.69) is 6.08 Å². The second-order valence-corrected chi connectivity index (χ2v) is 5.39. The van der Waals surface area contributed by atoms with Crippen molar-refractivity contribution in [1.29, 1.82) is 0 Å². The molecule has 0 spiro atoms. The number of rotatable bonds is 2. The predicted molar refractivity (Wildman–Crippen MR) is 52.8 cm³/mol. The molecule has 1 aliphatic rings. The van der Waals surface area contributed by atoms with Gasteiger partial charge >= 0.3 is 0 Å². The van der Waals surface area contributed by atoms with Crippen LogP contribution in [0.15, 0.2) is 11.6 Å². The topological polar surface area (TPSA) is 20.2 Å². The Hall–Kier alpha value is 0.570. The van der Waals surface area contributed by atoms with Gasteiger partial charge in [-0.3, -0.25) is 0 Å². The normalized spacial score (nSPS) is 20.8. The van der Waals surface area contributed by atoms with Crippen LogP contribution in [0.4, 0.5) is 0 Å². The Bertz CT molecular complexity index is 183. The number of hydrogen-bond acceptors (Lipinski definition) is 1. The molecule has 0 heterocycles. The maximum Gasteiger partial charge on any atom is 0.216 e. The van der Waals surface area contributed by atoms with Crippen LogP contribution in [0, 0.1) is 0 Å². The minimum atomic E-state index is -1.55. The van der Waals surface area contributed by atoms with E-state index in [4.69, 9.17) is 34.8 Å². The fraction of sp³-hybridized carbons (Fsp3) is 0.750. The highest BCUT2D eigenvalue weighted by Crippen LogP contribution is 2.35. The molecule has 0 unspecified atom stereocenters.